The van der Waals surface area contributed by atoms with E-state index in [1.165, 1.54) is 0 Å². The smallest absolute Gasteiger partial charge is 0.223 e. The van der Waals surface area contributed by atoms with Crippen molar-refractivity contribution in [2.75, 3.05) is 13.1 Å². The molecular formula is C18H22N4O2. The first-order valence-electron chi connectivity index (χ1n) is 8.25. The molecule has 0 spiro atoms. The van der Waals surface area contributed by atoms with E-state index in [0.717, 1.165) is 24.1 Å². The Morgan fingerprint density at radius 3 is 2.58 bits per heavy atom. The van der Waals surface area contributed by atoms with Crippen molar-refractivity contribution >= 4 is 11.8 Å². The number of benzene rings is 1. The molecule has 1 N–H and O–H groups in total. The third-order valence-electron chi connectivity index (χ3n) is 4.43. The molecule has 126 valence electrons. The number of aromatic nitrogens is 2. The summed E-state index contributed by atoms with van der Waals surface area (Å²) in [6.07, 6.45) is 5.16. The van der Waals surface area contributed by atoms with Crippen molar-refractivity contribution in [2.45, 2.75) is 26.3 Å². The second-order valence-electron chi connectivity index (χ2n) is 6.13. The van der Waals surface area contributed by atoms with E-state index < -0.39 is 0 Å². The standard InChI is InChI=1S/C18H22N4O2/c1-14(23)21-9-7-16(8-10-21)18(24)19-11-15-12-20-22(13-15)17-5-3-2-4-6-17/h2-6,12-13,16H,7-11H2,1H3,(H,19,24). The minimum absolute atomic E-state index is 0.00947. The van der Waals surface area contributed by atoms with Crippen molar-refractivity contribution in [2.24, 2.45) is 5.92 Å². The van der Waals surface area contributed by atoms with E-state index in [-0.39, 0.29) is 17.7 Å². The number of rotatable bonds is 4. The molecule has 2 heterocycles. The van der Waals surface area contributed by atoms with E-state index in [2.05, 4.69) is 10.4 Å². The van der Waals surface area contributed by atoms with Gasteiger partial charge in [0, 0.05) is 44.2 Å². The highest BCUT2D eigenvalue weighted by Gasteiger charge is 2.25. The summed E-state index contributed by atoms with van der Waals surface area (Å²) in [7, 11) is 0. The molecule has 6 heteroatoms. The average Bonchev–Trinajstić information content (AvgIpc) is 3.09. The lowest BCUT2D eigenvalue weighted by atomic mass is 9.96. The van der Waals surface area contributed by atoms with Gasteiger partial charge in [0.15, 0.2) is 0 Å². The quantitative estimate of drug-likeness (QED) is 0.931. The van der Waals surface area contributed by atoms with Crippen molar-refractivity contribution in [3.05, 3.63) is 48.3 Å². The molecule has 0 bridgehead atoms. The van der Waals surface area contributed by atoms with Crippen LogP contribution in [0.2, 0.25) is 0 Å². The molecule has 1 saturated heterocycles. The van der Waals surface area contributed by atoms with Crippen molar-refractivity contribution in [1.29, 1.82) is 0 Å². The van der Waals surface area contributed by atoms with Crippen LogP contribution in [0.3, 0.4) is 0 Å². The number of hydrogen-bond acceptors (Lipinski definition) is 3. The van der Waals surface area contributed by atoms with E-state index in [0.29, 0.717) is 19.6 Å². The van der Waals surface area contributed by atoms with Crippen LogP contribution in [-0.4, -0.2) is 39.6 Å². The molecule has 3 rings (SSSR count). The average molecular weight is 326 g/mol. The molecule has 0 aliphatic carbocycles. The van der Waals surface area contributed by atoms with Gasteiger partial charge >= 0.3 is 0 Å². The molecule has 0 unspecified atom stereocenters. The number of hydrogen-bond donors (Lipinski definition) is 1. The van der Waals surface area contributed by atoms with Crippen molar-refractivity contribution in [3.8, 4) is 5.69 Å². The highest BCUT2D eigenvalue weighted by Crippen LogP contribution is 2.17. The van der Waals surface area contributed by atoms with Crippen molar-refractivity contribution in [3.63, 3.8) is 0 Å². The fourth-order valence-electron chi connectivity index (χ4n) is 2.96. The summed E-state index contributed by atoms with van der Waals surface area (Å²) in [6.45, 7) is 3.38. The van der Waals surface area contributed by atoms with Crippen LogP contribution in [0.15, 0.2) is 42.7 Å². The topological polar surface area (TPSA) is 67.2 Å². The van der Waals surface area contributed by atoms with Gasteiger partial charge in [-0.2, -0.15) is 5.10 Å². The van der Waals surface area contributed by atoms with Crippen molar-refractivity contribution < 1.29 is 9.59 Å². The molecule has 6 nitrogen and oxygen atoms in total. The third-order valence-corrected chi connectivity index (χ3v) is 4.43. The Kier molecular flexibility index (Phi) is 4.93. The number of carbonyl (C=O) groups excluding carboxylic acids is 2. The summed E-state index contributed by atoms with van der Waals surface area (Å²) in [5.41, 5.74) is 1.96. The largest absolute Gasteiger partial charge is 0.352 e. The predicted octanol–water partition coefficient (Wildman–Crippen LogP) is 1.75. The number of amides is 2. The summed E-state index contributed by atoms with van der Waals surface area (Å²) < 4.78 is 1.80. The lowest BCUT2D eigenvalue weighted by Gasteiger charge is -2.30. The van der Waals surface area contributed by atoms with Crippen molar-refractivity contribution in [1.82, 2.24) is 20.0 Å². The summed E-state index contributed by atoms with van der Waals surface area (Å²) in [5.74, 6) is 0.137. The normalized spacial score (nSPS) is 15.3. The predicted molar refractivity (Wildman–Crippen MR) is 90.4 cm³/mol. The van der Waals surface area contributed by atoms with Crippen LogP contribution in [0.4, 0.5) is 0 Å². The van der Waals surface area contributed by atoms with Gasteiger partial charge in [-0.25, -0.2) is 4.68 Å². The van der Waals surface area contributed by atoms with Crippen LogP contribution in [0.5, 0.6) is 0 Å². The molecule has 2 amide bonds. The zero-order chi connectivity index (χ0) is 16.9. The highest BCUT2D eigenvalue weighted by molar-refractivity contribution is 5.79. The lowest BCUT2D eigenvalue weighted by Crippen LogP contribution is -2.42. The minimum atomic E-state index is -0.00947. The fraction of sp³-hybridized carbons (Fsp3) is 0.389. The Morgan fingerprint density at radius 1 is 1.21 bits per heavy atom. The van der Waals surface area contributed by atoms with Crippen LogP contribution in [0.1, 0.15) is 25.3 Å². The molecule has 1 aromatic carbocycles. The second kappa shape index (κ2) is 7.29. The maximum Gasteiger partial charge on any atom is 0.223 e. The van der Waals surface area contributed by atoms with E-state index >= 15 is 0 Å². The van der Waals surface area contributed by atoms with Crippen LogP contribution < -0.4 is 5.32 Å². The number of piperidine rings is 1. The summed E-state index contributed by atoms with van der Waals surface area (Å²) in [5, 5.41) is 7.31. The Balaban J connectivity index is 1.50. The maximum absolute atomic E-state index is 12.3. The second-order valence-corrected chi connectivity index (χ2v) is 6.13. The van der Waals surface area contributed by atoms with Gasteiger partial charge in [-0.05, 0) is 25.0 Å². The molecule has 1 aliphatic heterocycles. The molecule has 1 fully saturated rings. The van der Waals surface area contributed by atoms with Crippen LogP contribution in [-0.2, 0) is 16.1 Å². The SMILES string of the molecule is CC(=O)N1CCC(C(=O)NCc2cnn(-c3ccccc3)c2)CC1. The fourth-order valence-corrected chi connectivity index (χ4v) is 2.96. The van der Waals surface area contributed by atoms with Crippen LogP contribution >= 0.6 is 0 Å². The summed E-state index contributed by atoms with van der Waals surface area (Å²) in [4.78, 5) is 25.4. The Hall–Kier alpha value is -2.63. The van der Waals surface area contributed by atoms with Gasteiger partial charge in [-0.3, -0.25) is 9.59 Å². The van der Waals surface area contributed by atoms with Gasteiger partial charge in [0.05, 0.1) is 11.9 Å². The molecule has 0 atom stereocenters. The van der Waals surface area contributed by atoms with E-state index in [1.807, 2.05) is 36.5 Å². The first-order valence-corrected chi connectivity index (χ1v) is 8.25. The number of para-hydroxylation sites is 1. The third kappa shape index (κ3) is 3.82. The summed E-state index contributed by atoms with van der Waals surface area (Å²) in [6, 6.07) is 9.86. The van der Waals surface area contributed by atoms with Gasteiger partial charge in [-0.15, -0.1) is 0 Å². The highest BCUT2D eigenvalue weighted by atomic mass is 16.2. The first-order chi connectivity index (χ1) is 11.6. The number of nitrogens with zero attached hydrogens (tertiary/aromatic N) is 3. The van der Waals surface area contributed by atoms with Crippen LogP contribution in [0.25, 0.3) is 5.69 Å². The van der Waals surface area contributed by atoms with Gasteiger partial charge in [-0.1, -0.05) is 18.2 Å². The Bertz CT molecular complexity index is 703. The molecule has 0 radical (unpaired) electrons. The molecule has 0 saturated carbocycles. The molecule has 1 aliphatic rings. The minimum Gasteiger partial charge on any atom is -0.352 e. The molecular weight excluding hydrogens is 304 g/mol. The van der Waals surface area contributed by atoms with E-state index in [1.54, 1.807) is 22.7 Å². The van der Waals surface area contributed by atoms with E-state index in [9.17, 15) is 9.59 Å². The summed E-state index contributed by atoms with van der Waals surface area (Å²) >= 11 is 0. The zero-order valence-corrected chi connectivity index (χ0v) is 13.8. The monoisotopic (exact) mass is 326 g/mol. The zero-order valence-electron chi connectivity index (χ0n) is 13.8. The molecule has 2 aromatic rings. The molecule has 24 heavy (non-hydrogen) atoms. The first kappa shape index (κ1) is 16.2. The number of likely N-dealkylation sites (tertiary alicyclic amines) is 1. The van der Waals surface area contributed by atoms with Gasteiger partial charge in [0.1, 0.15) is 0 Å². The Morgan fingerprint density at radius 2 is 1.92 bits per heavy atom. The molecule has 1 aromatic heterocycles. The van der Waals surface area contributed by atoms with Gasteiger partial charge in [0.2, 0.25) is 11.8 Å². The van der Waals surface area contributed by atoms with Gasteiger partial charge < -0.3 is 10.2 Å². The number of carbonyl (C=O) groups is 2. The van der Waals surface area contributed by atoms with E-state index in [4.69, 9.17) is 0 Å². The maximum atomic E-state index is 12.3. The number of nitrogens with one attached hydrogen (secondary N) is 1. The lowest BCUT2D eigenvalue weighted by molar-refractivity contribution is -0.134. The van der Waals surface area contributed by atoms with Gasteiger partial charge in [0.25, 0.3) is 0 Å². The van der Waals surface area contributed by atoms with Crippen LogP contribution in [0, 0.1) is 5.92 Å². The Labute approximate surface area is 141 Å².